The average Bonchev–Trinajstić information content (AvgIpc) is 3.03. The number of nitrogens with one attached hydrogen (secondary N) is 3. The van der Waals surface area contributed by atoms with E-state index < -0.39 is 11.5 Å². The van der Waals surface area contributed by atoms with Crippen LogP contribution in [0.2, 0.25) is 0 Å². The maximum Gasteiger partial charge on any atom is 0.272 e. The standard InChI is InChI=1S/C20H32N6O2/c1-20(2,3)16(19(28)21-4)24-18(27)15-14-12-25(5)10-11-26(14)17(23-15)13-6-8-22-9-7-13/h6,16,22H,7-12H2,1-5H3,(H,21,28)(H,24,27)/t16-/m1/s1. The van der Waals surface area contributed by atoms with Crippen LogP contribution in [0.5, 0.6) is 0 Å². The van der Waals surface area contributed by atoms with Gasteiger partial charge in [-0.15, -0.1) is 0 Å². The van der Waals surface area contributed by atoms with Crippen LogP contribution >= 0.6 is 0 Å². The van der Waals surface area contributed by atoms with Crippen LogP contribution in [0.3, 0.4) is 0 Å². The minimum atomic E-state index is -0.634. The van der Waals surface area contributed by atoms with Gasteiger partial charge in [0.2, 0.25) is 5.91 Å². The number of carbonyl (C=O) groups excluding carboxylic acids is 2. The Morgan fingerprint density at radius 1 is 1.29 bits per heavy atom. The van der Waals surface area contributed by atoms with Crippen LogP contribution < -0.4 is 16.0 Å². The summed E-state index contributed by atoms with van der Waals surface area (Å²) in [5.74, 6) is 0.401. The normalized spacial score (nSPS) is 18.8. The first-order valence-corrected chi connectivity index (χ1v) is 9.93. The topological polar surface area (TPSA) is 91.3 Å². The number of carbonyl (C=O) groups is 2. The third kappa shape index (κ3) is 4.12. The molecule has 0 spiro atoms. The Bertz CT molecular complexity index is 789. The van der Waals surface area contributed by atoms with Crippen molar-refractivity contribution in [1.29, 1.82) is 0 Å². The second-order valence-corrected chi connectivity index (χ2v) is 8.69. The Balaban J connectivity index is 1.96. The number of likely N-dealkylation sites (N-methyl/N-ethyl adjacent to an activating group) is 2. The Morgan fingerprint density at radius 3 is 2.64 bits per heavy atom. The van der Waals surface area contributed by atoms with Gasteiger partial charge in [0.05, 0.1) is 5.69 Å². The SMILES string of the molecule is CNC(=O)[C@@H](NC(=O)c1nc(C2=CCNCC2)n2c1CN(C)CC2)C(C)(C)C. The predicted octanol–water partition coefficient (Wildman–Crippen LogP) is 0.596. The van der Waals surface area contributed by atoms with Crippen LogP contribution in [-0.4, -0.2) is 66.0 Å². The number of aromatic nitrogens is 2. The molecule has 1 atom stereocenters. The fourth-order valence-electron chi connectivity index (χ4n) is 3.76. The lowest BCUT2D eigenvalue weighted by Gasteiger charge is -2.30. The van der Waals surface area contributed by atoms with Gasteiger partial charge in [-0.1, -0.05) is 26.8 Å². The van der Waals surface area contributed by atoms with Gasteiger partial charge in [-0.3, -0.25) is 14.5 Å². The van der Waals surface area contributed by atoms with Gasteiger partial charge in [0.15, 0.2) is 5.69 Å². The molecule has 0 unspecified atom stereocenters. The Hall–Kier alpha value is -2.19. The summed E-state index contributed by atoms with van der Waals surface area (Å²) < 4.78 is 2.18. The van der Waals surface area contributed by atoms with Gasteiger partial charge in [0.25, 0.3) is 5.91 Å². The molecule has 2 aliphatic heterocycles. The summed E-state index contributed by atoms with van der Waals surface area (Å²) >= 11 is 0. The fraction of sp³-hybridized carbons (Fsp3) is 0.650. The van der Waals surface area contributed by atoms with Crippen molar-refractivity contribution in [3.05, 3.63) is 23.3 Å². The maximum atomic E-state index is 13.2. The van der Waals surface area contributed by atoms with Crippen molar-refractivity contribution < 1.29 is 9.59 Å². The average molecular weight is 389 g/mol. The number of imidazole rings is 1. The first kappa shape index (κ1) is 20.5. The molecule has 0 bridgehead atoms. The molecular weight excluding hydrogens is 356 g/mol. The van der Waals surface area contributed by atoms with Crippen molar-refractivity contribution in [3.8, 4) is 0 Å². The lowest BCUT2D eigenvalue weighted by atomic mass is 9.86. The monoisotopic (exact) mass is 388 g/mol. The maximum absolute atomic E-state index is 13.2. The highest BCUT2D eigenvalue weighted by atomic mass is 16.2. The van der Waals surface area contributed by atoms with E-state index in [0.717, 1.165) is 44.1 Å². The molecule has 0 fully saturated rings. The third-order valence-electron chi connectivity index (χ3n) is 5.41. The van der Waals surface area contributed by atoms with Gasteiger partial charge in [0, 0.05) is 33.2 Å². The molecule has 0 radical (unpaired) electrons. The van der Waals surface area contributed by atoms with Gasteiger partial charge < -0.3 is 20.5 Å². The Kier molecular flexibility index (Phi) is 5.90. The summed E-state index contributed by atoms with van der Waals surface area (Å²) in [5, 5.41) is 8.90. The summed E-state index contributed by atoms with van der Waals surface area (Å²) in [6.07, 6.45) is 3.05. The Labute approximate surface area is 166 Å². The summed E-state index contributed by atoms with van der Waals surface area (Å²) in [6.45, 7) is 9.95. The van der Waals surface area contributed by atoms with Gasteiger partial charge in [-0.2, -0.15) is 0 Å². The van der Waals surface area contributed by atoms with E-state index in [0.29, 0.717) is 12.2 Å². The molecule has 0 saturated heterocycles. The van der Waals surface area contributed by atoms with E-state index in [9.17, 15) is 9.59 Å². The van der Waals surface area contributed by atoms with Crippen LogP contribution in [0.25, 0.3) is 5.57 Å². The molecule has 154 valence electrons. The minimum absolute atomic E-state index is 0.202. The molecule has 0 aromatic carbocycles. The second-order valence-electron chi connectivity index (χ2n) is 8.69. The number of amides is 2. The predicted molar refractivity (Wildman–Crippen MR) is 109 cm³/mol. The molecule has 1 aromatic heterocycles. The zero-order valence-corrected chi connectivity index (χ0v) is 17.6. The van der Waals surface area contributed by atoms with E-state index in [-0.39, 0.29) is 11.8 Å². The van der Waals surface area contributed by atoms with Crippen molar-refractivity contribution in [2.24, 2.45) is 5.41 Å². The lowest BCUT2D eigenvalue weighted by Crippen LogP contribution is -2.53. The first-order valence-electron chi connectivity index (χ1n) is 9.93. The van der Waals surface area contributed by atoms with Crippen molar-refractivity contribution >= 4 is 17.4 Å². The molecule has 3 rings (SSSR count). The van der Waals surface area contributed by atoms with Crippen molar-refractivity contribution in [2.75, 3.05) is 33.7 Å². The zero-order chi connectivity index (χ0) is 20.5. The largest absolute Gasteiger partial charge is 0.357 e. The highest BCUT2D eigenvalue weighted by molar-refractivity contribution is 5.97. The fourth-order valence-corrected chi connectivity index (χ4v) is 3.76. The zero-order valence-electron chi connectivity index (χ0n) is 17.6. The number of hydrogen-bond acceptors (Lipinski definition) is 5. The second kappa shape index (κ2) is 8.05. The van der Waals surface area contributed by atoms with Crippen LogP contribution in [-0.2, 0) is 17.9 Å². The molecule has 3 N–H and O–H groups in total. The van der Waals surface area contributed by atoms with E-state index in [1.54, 1.807) is 7.05 Å². The molecule has 1 aromatic rings. The summed E-state index contributed by atoms with van der Waals surface area (Å²) in [7, 11) is 3.63. The molecule has 8 nitrogen and oxygen atoms in total. The third-order valence-corrected chi connectivity index (χ3v) is 5.41. The van der Waals surface area contributed by atoms with E-state index in [4.69, 9.17) is 4.98 Å². The van der Waals surface area contributed by atoms with Crippen molar-refractivity contribution in [2.45, 2.75) is 46.3 Å². The van der Waals surface area contributed by atoms with Gasteiger partial charge in [-0.25, -0.2) is 4.98 Å². The van der Waals surface area contributed by atoms with E-state index in [1.807, 2.05) is 27.8 Å². The van der Waals surface area contributed by atoms with Gasteiger partial charge in [-0.05, 0) is 31.0 Å². The smallest absolute Gasteiger partial charge is 0.272 e. The first-order chi connectivity index (χ1) is 13.2. The number of hydrogen-bond donors (Lipinski definition) is 3. The molecule has 0 saturated carbocycles. The minimum Gasteiger partial charge on any atom is -0.357 e. The molecule has 2 aliphatic rings. The summed E-state index contributed by atoms with van der Waals surface area (Å²) in [4.78, 5) is 32.5. The molecular formula is C20H32N6O2. The highest BCUT2D eigenvalue weighted by Gasteiger charge is 2.35. The van der Waals surface area contributed by atoms with E-state index in [1.165, 1.54) is 5.57 Å². The molecule has 8 heteroatoms. The van der Waals surface area contributed by atoms with E-state index >= 15 is 0 Å². The highest BCUT2D eigenvalue weighted by Crippen LogP contribution is 2.27. The van der Waals surface area contributed by atoms with Crippen molar-refractivity contribution in [3.63, 3.8) is 0 Å². The lowest BCUT2D eigenvalue weighted by molar-refractivity contribution is -0.124. The van der Waals surface area contributed by atoms with E-state index in [2.05, 4.69) is 31.5 Å². The molecule has 28 heavy (non-hydrogen) atoms. The van der Waals surface area contributed by atoms with Crippen LogP contribution in [0, 0.1) is 5.41 Å². The van der Waals surface area contributed by atoms with Gasteiger partial charge >= 0.3 is 0 Å². The van der Waals surface area contributed by atoms with Crippen LogP contribution in [0.1, 0.15) is 49.2 Å². The van der Waals surface area contributed by atoms with Crippen LogP contribution in [0.4, 0.5) is 0 Å². The van der Waals surface area contributed by atoms with Crippen molar-refractivity contribution in [1.82, 2.24) is 30.4 Å². The summed E-state index contributed by atoms with van der Waals surface area (Å²) in [5.41, 5.74) is 2.12. The number of nitrogens with zero attached hydrogens (tertiary/aromatic N) is 3. The molecule has 0 aliphatic carbocycles. The molecule has 3 heterocycles. The molecule has 2 amide bonds. The number of fused-ring (bicyclic) bond motifs is 1. The van der Waals surface area contributed by atoms with Crippen LogP contribution in [0.15, 0.2) is 6.08 Å². The summed E-state index contributed by atoms with van der Waals surface area (Å²) in [6, 6.07) is -0.634. The van der Waals surface area contributed by atoms with Gasteiger partial charge in [0.1, 0.15) is 11.9 Å². The Morgan fingerprint density at radius 2 is 2.04 bits per heavy atom. The number of rotatable bonds is 4. The quantitative estimate of drug-likeness (QED) is 0.703.